The minimum atomic E-state index is -0.791. The number of aliphatic hydroxyl groups is 1. The number of amides is 1. The lowest BCUT2D eigenvalue weighted by atomic mass is 10.3. The molecule has 0 fully saturated rings. The molecule has 2 aromatic rings. The zero-order valence-electron chi connectivity index (χ0n) is 12.7. The number of rotatable bonds is 8. The fraction of sp³-hybridized carbons (Fsp3) is 0.294. The number of thioether (sulfide) groups is 1. The number of nitrogens with one attached hydrogen (secondary N) is 1. The number of carbonyl (C=O) groups is 1. The van der Waals surface area contributed by atoms with Crippen LogP contribution in [0.2, 0.25) is 0 Å². The maximum Gasteiger partial charge on any atom is 0.250 e. The largest absolute Gasteiger partial charge is 0.389 e. The third-order valence-corrected chi connectivity index (χ3v) is 4.20. The lowest BCUT2D eigenvalue weighted by Gasteiger charge is -2.13. The molecule has 0 aliphatic rings. The summed E-state index contributed by atoms with van der Waals surface area (Å²) in [6.07, 6.45) is 1.21. The summed E-state index contributed by atoms with van der Waals surface area (Å²) < 4.78 is 1.42. The van der Waals surface area contributed by atoms with E-state index in [1.165, 1.54) is 10.6 Å². The molecule has 0 saturated carbocycles. The van der Waals surface area contributed by atoms with Gasteiger partial charge in [-0.25, -0.2) is 0 Å². The molecule has 0 aliphatic carbocycles. The van der Waals surface area contributed by atoms with Crippen molar-refractivity contribution in [2.75, 3.05) is 12.3 Å². The van der Waals surface area contributed by atoms with Gasteiger partial charge in [-0.1, -0.05) is 24.3 Å². The van der Waals surface area contributed by atoms with Crippen LogP contribution in [0.25, 0.3) is 0 Å². The van der Waals surface area contributed by atoms with E-state index in [2.05, 4.69) is 5.32 Å². The highest BCUT2D eigenvalue weighted by molar-refractivity contribution is 7.99. The normalized spacial score (nSPS) is 11.9. The van der Waals surface area contributed by atoms with Crippen molar-refractivity contribution in [1.82, 2.24) is 9.88 Å². The highest BCUT2D eigenvalue weighted by atomic mass is 32.2. The van der Waals surface area contributed by atoms with Crippen LogP contribution in [0.1, 0.15) is 6.42 Å². The summed E-state index contributed by atoms with van der Waals surface area (Å²) in [5.74, 6) is 0.581. The lowest BCUT2D eigenvalue weighted by molar-refractivity contribution is -0.121. The van der Waals surface area contributed by atoms with E-state index in [4.69, 9.17) is 0 Å². The first-order valence-electron chi connectivity index (χ1n) is 7.43. The van der Waals surface area contributed by atoms with Gasteiger partial charge in [-0.15, -0.1) is 11.8 Å². The Bertz CT molecular complexity index is 673. The number of hydrogen-bond acceptors (Lipinski definition) is 4. The molecular weight excluding hydrogens is 312 g/mol. The number of hydrogen-bond donors (Lipinski definition) is 2. The first-order chi connectivity index (χ1) is 11.1. The van der Waals surface area contributed by atoms with E-state index in [0.29, 0.717) is 12.2 Å². The standard InChI is InChI=1S/C17H20N2O3S/c20-14(13-19-10-5-4-8-17(19)22)12-18-16(21)9-11-23-15-6-2-1-3-7-15/h1-8,10,14,20H,9,11-13H2,(H,18,21). The van der Waals surface area contributed by atoms with Crippen LogP contribution in [0.15, 0.2) is 64.4 Å². The maximum absolute atomic E-state index is 11.8. The molecule has 0 radical (unpaired) electrons. The van der Waals surface area contributed by atoms with Crippen LogP contribution in [-0.2, 0) is 11.3 Å². The molecule has 0 spiro atoms. The Kier molecular flexibility index (Phi) is 6.90. The summed E-state index contributed by atoms with van der Waals surface area (Å²) in [4.78, 5) is 24.4. The van der Waals surface area contributed by atoms with E-state index in [0.717, 1.165) is 4.90 Å². The van der Waals surface area contributed by atoms with Crippen molar-refractivity contribution in [3.8, 4) is 0 Å². The SMILES string of the molecule is O=C(CCSc1ccccc1)NCC(O)Cn1ccccc1=O. The van der Waals surface area contributed by atoms with Crippen molar-refractivity contribution >= 4 is 17.7 Å². The first kappa shape index (κ1) is 17.3. The minimum absolute atomic E-state index is 0.104. The summed E-state index contributed by atoms with van der Waals surface area (Å²) in [6, 6.07) is 14.7. The van der Waals surface area contributed by atoms with Crippen LogP contribution in [0.3, 0.4) is 0 Å². The van der Waals surface area contributed by atoms with Crippen molar-refractivity contribution in [3.05, 3.63) is 65.1 Å². The van der Waals surface area contributed by atoms with Crippen LogP contribution < -0.4 is 10.9 Å². The van der Waals surface area contributed by atoms with Gasteiger partial charge in [0.2, 0.25) is 5.91 Å². The average molecular weight is 332 g/mol. The minimum Gasteiger partial charge on any atom is -0.389 e. The highest BCUT2D eigenvalue weighted by Gasteiger charge is 2.08. The van der Waals surface area contributed by atoms with Crippen molar-refractivity contribution in [2.24, 2.45) is 0 Å². The van der Waals surface area contributed by atoms with Gasteiger partial charge in [-0.3, -0.25) is 9.59 Å². The van der Waals surface area contributed by atoms with Gasteiger partial charge in [0.05, 0.1) is 12.6 Å². The molecule has 1 aromatic carbocycles. The highest BCUT2D eigenvalue weighted by Crippen LogP contribution is 2.17. The second kappa shape index (κ2) is 9.17. The molecule has 2 rings (SSSR count). The maximum atomic E-state index is 11.8. The molecule has 0 bridgehead atoms. The number of aliphatic hydroxyl groups excluding tert-OH is 1. The summed E-state index contributed by atoms with van der Waals surface area (Å²) in [7, 11) is 0. The Balaban J connectivity index is 1.66. The zero-order chi connectivity index (χ0) is 16.5. The van der Waals surface area contributed by atoms with Crippen LogP contribution in [0.4, 0.5) is 0 Å². The first-order valence-corrected chi connectivity index (χ1v) is 8.42. The second-order valence-corrected chi connectivity index (χ2v) is 6.23. The van der Waals surface area contributed by atoms with Crippen LogP contribution in [-0.4, -0.2) is 34.0 Å². The molecule has 0 aliphatic heterocycles. The Morgan fingerprint density at radius 1 is 1.17 bits per heavy atom. The van der Waals surface area contributed by atoms with Gasteiger partial charge in [0, 0.05) is 35.9 Å². The number of benzene rings is 1. The van der Waals surface area contributed by atoms with Gasteiger partial charge < -0.3 is 15.0 Å². The third kappa shape index (κ3) is 6.30. The van der Waals surface area contributed by atoms with Crippen molar-refractivity contribution in [3.63, 3.8) is 0 Å². The molecule has 0 saturated heterocycles. The zero-order valence-corrected chi connectivity index (χ0v) is 13.5. The van der Waals surface area contributed by atoms with E-state index in [9.17, 15) is 14.7 Å². The lowest BCUT2D eigenvalue weighted by Crippen LogP contribution is -2.36. The van der Waals surface area contributed by atoms with E-state index in [-0.39, 0.29) is 24.6 Å². The van der Waals surface area contributed by atoms with Gasteiger partial charge in [-0.2, -0.15) is 0 Å². The smallest absolute Gasteiger partial charge is 0.250 e. The van der Waals surface area contributed by atoms with Crippen LogP contribution in [0, 0.1) is 0 Å². The van der Waals surface area contributed by atoms with Gasteiger partial charge >= 0.3 is 0 Å². The van der Waals surface area contributed by atoms with Crippen molar-refractivity contribution in [1.29, 1.82) is 0 Å². The molecule has 6 heteroatoms. The molecule has 1 atom stereocenters. The quantitative estimate of drug-likeness (QED) is 0.719. The fourth-order valence-corrected chi connectivity index (χ4v) is 2.87. The van der Waals surface area contributed by atoms with Crippen molar-refractivity contribution in [2.45, 2.75) is 24.0 Å². The molecule has 2 N–H and O–H groups in total. The van der Waals surface area contributed by atoms with Gasteiger partial charge in [0.15, 0.2) is 0 Å². The summed E-state index contributed by atoms with van der Waals surface area (Å²) in [6.45, 7) is 0.300. The molecule has 122 valence electrons. The molecule has 1 amide bonds. The van der Waals surface area contributed by atoms with Gasteiger partial charge in [0.25, 0.3) is 5.56 Å². The summed E-state index contributed by atoms with van der Waals surface area (Å²) in [5.41, 5.74) is -0.169. The van der Waals surface area contributed by atoms with Crippen LogP contribution >= 0.6 is 11.8 Å². The fourth-order valence-electron chi connectivity index (χ4n) is 2.00. The molecule has 1 heterocycles. The van der Waals surface area contributed by atoms with Crippen LogP contribution in [0.5, 0.6) is 0 Å². The molecular formula is C17H20N2O3S. The Morgan fingerprint density at radius 2 is 1.91 bits per heavy atom. The van der Waals surface area contributed by atoms with E-state index in [1.807, 2.05) is 30.3 Å². The number of aromatic nitrogens is 1. The third-order valence-electron chi connectivity index (χ3n) is 3.18. The van der Waals surface area contributed by atoms with Gasteiger partial charge in [0.1, 0.15) is 0 Å². The second-order valence-electron chi connectivity index (χ2n) is 5.06. The summed E-state index contributed by atoms with van der Waals surface area (Å²) >= 11 is 1.62. The monoisotopic (exact) mass is 332 g/mol. The Morgan fingerprint density at radius 3 is 2.65 bits per heavy atom. The molecule has 5 nitrogen and oxygen atoms in total. The molecule has 1 aromatic heterocycles. The van der Waals surface area contributed by atoms with Crippen molar-refractivity contribution < 1.29 is 9.90 Å². The average Bonchev–Trinajstić information content (AvgIpc) is 2.56. The molecule has 23 heavy (non-hydrogen) atoms. The summed E-state index contributed by atoms with van der Waals surface area (Å²) in [5, 5.41) is 12.6. The predicted octanol–water partition coefficient (Wildman–Crippen LogP) is 1.51. The Labute approximate surface area is 139 Å². The number of carbonyl (C=O) groups excluding carboxylic acids is 1. The van der Waals surface area contributed by atoms with E-state index < -0.39 is 6.10 Å². The molecule has 1 unspecified atom stereocenters. The van der Waals surface area contributed by atoms with E-state index >= 15 is 0 Å². The van der Waals surface area contributed by atoms with Gasteiger partial charge in [-0.05, 0) is 18.2 Å². The predicted molar refractivity (Wildman–Crippen MR) is 91.5 cm³/mol. The number of pyridine rings is 1. The Hall–Kier alpha value is -2.05. The number of nitrogens with zero attached hydrogens (tertiary/aromatic N) is 1. The topological polar surface area (TPSA) is 71.3 Å². The van der Waals surface area contributed by atoms with E-state index in [1.54, 1.807) is 30.1 Å².